The second-order valence-electron chi connectivity index (χ2n) is 13.8. The van der Waals surface area contributed by atoms with E-state index in [0.717, 1.165) is 28.5 Å². The van der Waals surface area contributed by atoms with Gasteiger partial charge in [0.1, 0.15) is 22.7 Å². The minimum absolute atomic E-state index is 0.131. The van der Waals surface area contributed by atoms with Gasteiger partial charge in [-0.2, -0.15) is 0 Å². The first kappa shape index (κ1) is 39.1. The first-order chi connectivity index (χ1) is 26.4. The van der Waals surface area contributed by atoms with Crippen LogP contribution in [0.25, 0.3) is 0 Å². The van der Waals surface area contributed by atoms with Crippen LogP contribution in [-0.4, -0.2) is 64.6 Å². The number of alkyl carbamates (subject to hydrolysis) is 1. The largest absolute Gasteiger partial charge is 0.497 e. The maximum Gasteiger partial charge on any atom is 0.408 e. The lowest BCUT2D eigenvalue weighted by Crippen LogP contribution is -2.49. The molecular weight excluding hydrogens is 723 g/mol. The van der Waals surface area contributed by atoms with Crippen molar-refractivity contribution in [2.45, 2.75) is 55.6 Å². The molecule has 286 valence electrons. The van der Waals surface area contributed by atoms with Gasteiger partial charge in [0.25, 0.3) is 5.56 Å². The molecule has 1 fully saturated rings. The molecule has 1 amide bonds. The van der Waals surface area contributed by atoms with Crippen molar-refractivity contribution in [3.63, 3.8) is 0 Å². The van der Waals surface area contributed by atoms with E-state index in [4.69, 9.17) is 23.7 Å². The van der Waals surface area contributed by atoms with E-state index in [1.165, 1.54) is 16.8 Å². The number of aromatic amines is 1. The Balaban J connectivity index is 1.48. The van der Waals surface area contributed by atoms with E-state index in [1.807, 2.05) is 84.9 Å². The molecule has 0 saturated carbocycles. The van der Waals surface area contributed by atoms with Crippen LogP contribution in [0.4, 0.5) is 4.79 Å². The van der Waals surface area contributed by atoms with Crippen molar-refractivity contribution in [2.75, 3.05) is 20.8 Å². The third kappa shape index (κ3) is 8.86. The van der Waals surface area contributed by atoms with Crippen LogP contribution < -0.4 is 26.0 Å². The van der Waals surface area contributed by atoms with Gasteiger partial charge in [0.15, 0.2) is 6.23 Å². The van der Waals surface area contributed by atoms with E-state index in [9.17, 15) is 19.2 Å². The predicted molar refractivity (Wildman–Crippen MR) is 209 cm³/mol. The zero-order valence-corrected chi connectivity index (χ0v) is 31.9. The number of ether oxygens (including phenoxy) is 5. The molecule has 0 radical (unpaired) electrons. The fourth-order valence-electron chi connectivity index (χ4n) is 6.53. The molecule has 13 heteroatoms. The molecule has 5 aromatic rings. The number of benzene rings is 4. The summed E-state index contributed by atoms with van der Waals surface area (Å²) >= 11 is 0.957. The number of nitrogens with zero attached hydrogens (tertiary/aromatic N) is 1. The smallest absolute Gasteiger partial charge is 0.408 e. The Hall–Kier alpha value is -5.63. The van der Waals surface area contributed by atoms with E-state index in [0.29, 0.717) is 17.1 Å². The number of amides is 1. The molecule has 0 aliphatic carbocycles. The Morgan fingerprint density at radius 2 is 1.33 bits per heavy atom. The highest BCUT2D eigenvalue weighted by atomic mass is 32.2. The standard InChI is InChI=1S/C42H43N3O9S/c1-41(2,3)54-40(49)44-35-36(55-38(47)27-12-8-6-9-13-27)33(53-37(35)45-25-24-34(46)43-39(45)48)26-52-42(28-14-10-7-11-15-28,29-16-20-31(50-4)21-17-29)30-18-22-32(51-5)23-19-30/h6-25,33,35-37H,26H2,1-5H3,(H,44,49)(H,43,46,48)/t33-,35-,36-,37-/m1/s1. The third-order valence-electron chi connectivity index (χ3n) is 9.04. The SMILES string of the molecule is COc1ccc(C(OC[C@H]2O[C@@H](n3ccc(=O)[nH]c3=O)[C@H](NC(=O)OC(C)(C)C)[C@@H]2SC(=O)c2ccccc2)(c2ccccc2)c2ccc(OC)cc2)cc1. The lowest BCUT2D eigenvalue weighted by atomic mass is 9.80. The van der Waals surface area contributed by atoms with Gasteiger partial charge in [-0.3, -0.25) is 19.1 Å². The maximum absolute atomic E-state index is 13.9. The number of carbonyl (C=O) groups is 2. The third-order valence-corrected chi connectivity index (χ3v) is 10.4. The molecule has 1 saturated heterocycles. The van der Waals surface area contributed by atoms with Crippen LogP contribution in [0.1, 0.15) is 54.0 Å². The van der Waals surface area contributed by atoms with Gasteiger partial charge < -0.3 is 29.0 Å². The van der Waals surface area contributed by atoms with Crippen molar-refractivity contribution >= 4 is 23.0 Å². The Kier molecular flexibility index (Phi) is 11.9. The molecule has 2 N–H and O–H groups in total. The monoisotopic (exact) mass is 765 g/mol. The number of hydrogen-bond donors (Lipinski definition) is 2. The van der Waals surface area contributed by atoms with Gasteiger partial charge in [0, 0.05) is 17.8 Å². The summed E-state index contributed by atoms with van der Waals surface area (Å²) in [5, 5.41) is 1.77. The number of nitrogens with one attached hydrogen (secondary N) is 2. The number of carbonyl (C=O) groups excluding carboxylic acids is 2. The highest BCUT2D eigenvalue weighted by Crippen LogP contribution is 2.44. The molecule has 1 aromatic heterocycles. The average Bonchev–Trinajstić information content (AvgIpc) is 3.50. The molecular formula is C42H43N3O9S. The molecule has 12 nitrogen and oxygen atoms in total. The van der Waals surface area contributed by atoms with Crippen molar-refractivity contribution in [1.29, 1.82) is 0 Å². The molecule has 4 aromatic carbocycles. The quantitative estimate of drug-likeness (QED) is 0.139. The lowest BCUT2D eigenvalue weighted by molar-refractivity contribution is -0.0787. The summed E-state index contributed by atoms with van der Waals surface area (Å²) in [6.45, 7) is 5.05. The zero-order chi connectivity index (χ0) is 39.2. The van der Waals surface area contributed by atoms with Crippen molar-refractivity contribution in [1.82, 2.24) is 14.9 Å². The fraction of sp³-hybridized carbons (Fsp3) is 0.286. The molecule has 2 heterocycles. The van der Waals surface area contributed by atoms with Crippen molar-refractivity contribution < 1.29 is 33.3 Å². The first-order valence-corrected chi connectivity index (χ1v) is 18.5. The van der Waals surface area contributed by atoms with E-state index in [1.54, 1.807) is 59.3 Å². The molecule has 4 atom stereocenters. The highest BCUT2D eigenvalue weighted by molar-refractivity contribution is 8.14. The van der Waals surface area contributed by atoms with Crippen LogP contribution >= 0.6 is 11.8 Å². The lowest BCUT2D eigenvalue weighted by Gasteiger charge is -2.37. The summed E-state index contributed by atoms with van der Waals surface area (Å²) in [6, 6.07) is 33.7. The van der Waals surface area contributed by atoms with E-state index >= 15 is 0 Å². The van der Waals surface area contributed by atoms with Crippen LogP contribution in [-0.2, 0) is 19.8 Å². The number of aromatic nitrogens is 2. The normalized spacial score (nSPS) is 18.3. The van der Waals surface area contributed by atoms with Crippen molar-refractivity contribution in [2.24, 2.45) is 0 Å². The Morgan fingerprint density at radius 3 is 1.85 bits per heavy atom. The predicted octanol–water partition coefficient (Wildman–Crippen LogP) is 6.30. The van der Waals surface area contributed by atoms with E-state index < -0.39 is 52.2 Å². The number of rotatable bonds is 12. The van der Waals surface area contributed by atoms with Gasteiger partial charge in [-0.25, -0.2) is 9.59 Å². The van der Waals surface area contributed by atoms with Crippen LogP contribution in [0.3, 0.4) is 0 Å². The van der Waals surface area contributed by atoms with Gasteiger partial charge in [-0.15, -0.1) is 0 Å². The van der Waals surface area contributed by atoms with Gasteiger partial charge in [-0.05, 0) is 61.7 Å². The van der Waals surface area contributed by atoms with Crippen LogP contribution in [0.2, 0.25) is 0 Å². The van der Waals surface area contributed by atoms with Crippen LogP contribution in [0, 0.1) is 0 Å². The molecule has 0 bridgehead atoms. The molecule has 0 spiro atoms. The number of thioether (sulfide) groups is 1. The van der Waals surface area contributed by atoms with Gasteiger partial charge in [0.2, 0.25) is 5.12 Å². The van der Waals surface area contributed by atoms with E-state index in [2.05, 4.69) is 10.3 Å². The molecule has 0 unspecified atom stereocenters. The van der Waals surface area contributed by atoms with Crippen LogP contribution in [0.15, 0.2) is 131 Å². The Morgan fingerprint density at radius 1 is 0.782 bits per heavy atom. The summed E-state index contributed by atoms with van der Waals surface area (Å²) < 4.78 is 31.7. The van der Waals surface area contributed by atoms with Gasteiger partial charge >= 0.3 is 11.8 Å². The Bertz CT molecular complexity index is 2140. The second-order valence-corrected chi connectivity index (χ2v) is 15.0. The van der Waals surface area contributed by atoms with Crippen LogP contribution in [0.5, 0.6) is 11.5 Å². The van der Waals surface area contributed by atoms with Crippen molar-refractivity contribution in [3.8, 4) is 11.5 Å². The number of methoxy groups -OCH3 is 2. The maximum atomic E-state index is 13.9. The average molecular weight is 766 g/mol. The second kappa shape index (κ2) is 16.8. The summed E-state index contributed by atoms with van der Waals surface area (Å²) in [4.78, 5) is 55.0. The summed E-state index contributed by atoms with van der Waals surface area (Å²) in [5.74, 6) is 1.31. The number of hydrogen-bond acceptors (Lipinski definition) is 10. The molecule has 6 rings (SSSR count). The van der Waals surface area contributed by atoms with Gasteiger partial charge in [0.05, 0.1) is 38.2 Å². The highest BCUT2D eigenvalue weighted by Gasteiger charge is 2.50. The molecule has 1 aliphatic rings. The minimum atomic E-state index is -1.25. The van der Waals surface area contributed by atoms with Gasteiger partial charge in [-0.1, -0.05) is 96.7 Å². The number of H-pyrrole nitrogens is 1. The fourth-order valence-corrected chi connectivity index (χ4v) is 7.69. The summed E-state index contributed by atoms with van der Waals surface area (Å²) in [5.41, 5.74) is -0.704. The molecule has 1 aliphatic heterocycles. The topological polar surface area (TPSA) is 147 Å². The summed E-state index contributed by atoms with van der Waals surface area (Å²) in [6.07, 6.45) is -1.58. The molecule has 55 heavy (non-hydrogen) atoms. The Labute approximate surface area is 322 Å². The minimum Gasteiger partial charge on any atom is -0.497 e. The van der Waals surface area contributed by atoms with E-state index in [-0.39, 0.29) is 11.7 Å². The summed E-state index contributed by atoms with van der Waals surface area (Å²) in [7, 11) is 3.19. The first-order valence-electron chi connectivity index (χ1n) is 17.6. The zero-order valence-electron chi connectivity index (χ0n) is 31.1. The van der Waals surface area contributed by atoms with Crippen molar-refractivity contribution in [3.05, 3.63) is 165 Å².